The molecule has 0 aliphatic rings. The third-order valence-corrected chi connectivity index (χ3v) is 4.65. The molecule has 7 heteroatoms. The molecule has 0 unspecified atom stereocenters. The summed E-state index contributed by atoms with van der Waals surface area (Å²) >= 11 is 6.18. The van der Waals surface area contributed by atoms with Gasteiger partial charge in [0, 0.05) is 10.7 Å². The summed E-state index contributed by atoms with van der Waals surface area (Å²) in [4.78, 5) is 26.4. The molecule has 1 atom stereocenters. The van der Waals surface area contributed by atoms with Crippen molar-refractivity contribution >= 4 is 29.1 Å². The zero-order valence-electron chi connectivity index (χ0n) is 16.4. The van der Waals surface area contributed by atoms with E-state index < -0.39 is 0 Å². The summed E-state index contributed by atoms with van der Waals surface area (Å²) in [5.41, 5.74) is 1.54. The average Bonchev–Trinajstić information content (AvgIpc) is 2.68. The highest BCUT2D eigenvalue weighted by molar-refractivity contribution is 6.31. The van der Waals surface area contributed by atoms with Gasteiger partial charge in [-0.15, -0.1) is 0 Å². The Morgan fingerprint density at radius 3 is 2.32 bits per heavy atom. The molecule has 0 heterocycles. The molecule has 0 bridgehead atoms. The van der Waals surface area contributed by atoms with Crippen molar-refractivity contribution in [3.63, 3.8) is 0 Å². The fourth-order valence-corrected chi connectivity index (χ4v) is 3.05. The van der Waals surface area contributed by atoms with Gasteiger partial charge in [-0.2, -0.15) is 0 Å². The van der Waals surface area contributed by atoms with Crippen molar-refractivity contribution in [2.45, 2.75) is 19.9 Å². The van der Waals surface area contributed by atoms with Crippen LogP contribution in [0.1, 0.15) is 25.5 Å². The van der Waals surface area contributed by atoms with E-state index in [1.165, 1.54) is 0 Å². The van der Waals surface area contributed by atoms with Crippen LogP contribution in [-0.2, 0) is 9.59 Å². The zero-order chi connectivity index (χ0) is 20.5. The molecule has 0 aromatic heterocycles. The Balaban J connectivity index is 1.85. The van der Waals surface area contributed by atoms with Crippen LogP contribution in [0.4, 0.5) is 5.69 Å². The zero-order valence-corrected chi connectivity index (χ0v) is 17.1. The van der Waals surface area contributed by atoms with Crippen molar-refractivity contribution in [2.75, 3.05) is 32.1 Å². The fourth-order valence-electron chi connectivity index (χ4n) is 2.75. The number of rotatable bonds is 9. The molecule has 28 heavy (non-hydrogen) atoms. The predicted molar refractivity (Wildman–Crippen MR) is 112 cm³/mol. The Morgan fingerprint density at radius 1 is 1.07 bits per heavy atom. The van der Waals surface area contributed by atoms with E-state index in [1.54, 1.807) is 42.3 Å². The van der Waals surface area contributed by atoms with Crippen LogP contribution in [0.25, 0.3) is 0 Å². The summed E-state index contributed by atoms with van der Waals surface area (Å²) in [6, 6.07) is 14.3. The Labute approximate surface area is 170 Å². The second-order valence-electron chi connectivity index (χ2n) is 6.39. The maximum atomic E-state index is 12.4. The fraction of sp³-hybridized carbons (Fsp3) is 0.333. The molecule has 6 nitrogen and oxygen atoms in total. The third kappa shape index (κ3) is 6.55. The highest BCUT2D eigenvalue weighted by Crippen LogP contribution is 2.22. The lowest BCUT2D eigenvalue weighted by Gasteiger charge is -2.21. The van der Waals surface area contributed by atoms with Crippen LogP contribution in [0.15, 0.2) is 48.5 Å². The van der Waals surface area contributed by atoms with E-state index in [2.05, 4.69) is 10.6 Å². The second-order valence-corrected chi connectivity index (χ2v) is 6.80. The van der Waals surface area contributed by atoms with E-state index in [1.807, 2.05) is 32.0 Å². The second kappa shape index (κ2) is 10.7. The summed E-state index contributed by atoms with van der Waals surface area (Å²) in [5, 5.41) is 6.36. The smallest absolute Gasteiger partial charge is 0.238 e. The number of hydrogen-bond acceptors (Lipinski definition) is 4. The number of benzene rings is 2. The van der Waals surface area contributed by atoms with Gasteiger partial charge in [-0.05, 0) is 49.4 Å². The van der Waals surface area contributed by atoms with Gasteiger partial charge in [0.05, 0.1) is 26.2 Å². The summed E-state index contributed by atoms with van der Waals surface area (Å²) in [6.07, 6.45) is 0. The Bertz CT molecular complexity index is 796. The normalized spacial score (nSPS) is 11.8. The number of nitrogens with zero attached hydrogens (tertiary/aromatic N) is 1. The molecule has 0 radical (unpaired) electrons. The van der Waals surface area contributed by atoms with Crippen LogP contribution < -0.4 is 15.4 Å². The van der Waals surface area contributed by atoms with Crippen molar-refractivity contribution in [1.29, 1.82) is 0 Å². The van der Waals surface area contributed by atoms with Gasteiger partial charge < -0.3 is 15.4 Å². The molecule has 2 aromatic carbocycles. The monoisotopic (exact) mass is 403 g/mol. The molecule has 0 spiro atoms. The standard InChI is InChI=1S/C21H26ClN3O3/c1-4-25(14-21(27)24-16-9-11-17(28-3)12-10-16)13-20(26)23-15(2)18-7-5-6-8-19(18)22/h5-12,15H,4,13-14H2,1-3H3,(H,23,26)(H,24,27)/t15-/m0/s1. The van der Waals surface area contributed by atoms with E-state index in [9.17, 15) is 9.59 Å². The van der Waals surface area contributed by atoms with E-state index in [4.69, 9.17) is 16.3 Å². The van der Waals surface area contributed by atoms with Gasteiger partial charge in [0.1, 0.15) is 5.75 Å². The number of halogens is 1. The molecule has 0 fully saturated rings. The molecule has 2 amide bonds. The first kappa shape index (κ1) is 21.7. The lowest BCUT2D eigenvalue weighted by Crippen LogP contribution is -2.41. The van der Waals surface area contributed by atoms with Crippen molar-refractivity contribution in [3.05, 3.63) is 59.1 Å². The number of likely N-dealkylation sites (N-methyl/N-ethyl adjacent to an activating group) is 1. The molecule has 0 saturated carbocycles. The van der Waals surface area contributed by atoms with Crippen molar-refractivity contribution in [2.24, 2.45) is 0 Å². The van der Waals surface area contributed by atoms with Crippen LogP contribution >= 0.6 is 11.6 Å². The van der Waals surface area contributed by atoms with Gasteiger partial charge in [0.15, 0.2) is 0 Å². The number of anilines is 1. The molecule has 150 valence electrons. The molecule has 2 rings (SSSR count). The lowest BCUT2D eigenvalue weighted by molar-refractivity contribution is -0.123. The third-order valence-electron chi connectivity index (χ3n) is 4.30. The maximum Gasteiger partial charge on any atom is 0.238 e. The summed E-state index contributed by atoms with van der Waals surface area (Å²) in [5.74, 6) is 0.378. The molecule has 0 aliphatic carbocycles. The molecule has 0 aliphatic heterocycles. The van der Waals surface area contributed by atoms with E-state index in [-0.39, 0.29) is 30.9 Å². The number of carbonyl (C=O) groups is 2. The number of amides is 2. The number of carbonyl (C=O) groups excluding carboxylic acids is 2. The molecular weight excluding hydrogens is 378 g/mol. The first-order valence-corrected chi connectivity index (χ1v) is 9.50. The van der Waals surface area contributed by atoms with E-state index in [0.29, 0.717) is 17.3 Å². The topological polar surface area (TPSA) is 70.7 Å². The number of ether oxygens (including phenoxy) is 1. The van der Waals surface area contributed by atoms with Crippen molar-refractivity contribution in [1.82, 2.24) is 10.2 Å². The lowest BCUT2D eigenvalue weighted by atomic mass is 10.1. The summed E-state index contributed by atoms with van der Waals surface area (Å²) in [6.45, 7) is 4.61. The van der Waals surface area contributed by atoms with Gasteiger partial charge >= 0.3 is 0 Å². The highest BCUT2D eigenvalue weighted by Gasteiger charge is 2.16. The van der Waals surface area contributed by atoms with E-state index >= 15 is 0 Å². The van der Waals surface area contributed by atoms with Gasteiger partial charge in [-0.25, -0.2) is 0 Å². The quantitative estimate of drug-likeness (QED) is 0.672. The van der Waals surface area contributed by atoms with Crippen LogP contribution in [0.3, 0.4) is 0 Å². The van der Waals surface area contributed by atoms with E-state index in [0.717, 1.165) is 11.3 Å². The Kier molecular flexibility index (Phi) is 8.29. The summed E-state index contributed by atoms with van der Waals surface area (Å²) < 4.78 is 5.10. The van der Waals surface area contributed by atoms with Crippen LogP contribution in [0.2, 0.25) is 5.02 Å². The minimum absolute atomic E-state index is 0.121. The van der Waals surface area contributed by atoms with Gasteiger partial charge in [0.25, 0.3) is 0 Å². The Hall–Kier alpha value is -2.57. The molecular formula is C21H26ClN3O3. The van der Waals surface area contributed by atoms with Gasteiger partial charge in [-0.1, -0.05) is 36.7 Å². The Morgan fingerprint density at radius 2 is 1.71 bits per heavy atom. The number of methoxy groups -OCH3 is 1. The van der Waals surface area contributed by atoms with Crippen LogP contribution in [0.5, 0.6) is 5.75 Å². The van der Waals surface area contributed by atoms with Crippen LogP contribution in [-0.4, -0.2) is 43.5 Å². The maximum absolute atomic E-state index is 12.4. The minimum atomic E-state index is -0.215. The van der Waals surface area contributed by atoms with Gasteiger partial charge in [0.2, 0.25) is 11.8 Å². The average molecular weight is 404 g/mol. The minimum Gasteiger partial charge on any atom is -0.497 e. The van der Waals surface area contributed by atoms with Gasteiger partial charge in [-0.3, -0.25) is 14.5 Å². The number of nitrogens with one attached hydrogen (secondary N) is 2. The van der Waals surface area contributed by atoms with Crippen molar-refractivity contribution in [3.8, 4) is 5.75 Å². The molecule has 2 aromatic rings. The predicted octanol–water partition coefficient (Wildman–Crippen LogP) is 3.49. The summed E-state index contributed by atoms with van der Waals surface area (Å²) in [7, 11) is 1.59. The van der Waals surface area contributed by atoms with Crippen molar-refractivity contribution < 1.29 is 14.3 Å². The molecule has 2 N–H and O–H groups in total. The largest absolute Gasteiger partial charge is 0.497 e. The van der Waals surface area contributed by atoms with Crippen LogP contribution in [0, 0.1) is 0 Å². The molecule has 0 saturated heterocycles. The first-order valence-electron chi connectivity index (χ1n) is 9.13. The first-order chi connectivity index (χ1) is 13.4. The SMILES string of the molecule is CCN(CC(=O)Nc1ccc(OC)cc1)CC(=O)N[C@@H](C)c1ccccc1Cl. The highest BCUT2D eigenvalue weighted by atomic mass is 35.5. The number of hydrogen-bond donors (Lipinski definition) is 2.